The number of rotatable bonds is 6. The Morgan fingerprint density at radius 1 is 1.23 bits per heavy atom. The summed E-state index contributed by atoms with van der Waals surface area (Å²) in [5.41, 5.74) is -1.46. The van der Waals surface area contributed by atoms with Crippen molar-refractivity contribution < 1.29 is 18.0 Å². The van der Waals surface area contributed by atoms with E-state index in [0.717, 1.165) is 23.9 Å². The van der Waals surface area contributed by atoms with Gasteiger partial charge in [-0.15, -0.1) is 0 Å². The molecule has 0 saturated heterocycles. The Hall–Kier alpha value is -2.23. The number of alkyl halides is 3. The third-order valence-corrected chi connectivity index (χ3v) is 5.77. The lowest BCUT2D eigenvalue weighted by atomic mass is 10.1. The van der Waals surface area contributed by atoms with Gasteiger partial charge in [0.15, 0.2) is 5.16 Å². The largest absolute Gasteiger partial charge is 0.418 e. The van der Waals surface area contributed by atoms with Crippen molar-refractivity contribution in [2.75, 3.05) is 11.1 Å². The van der Waals surface area contributed by atoms with Gasteiger partial charge in [-0.3, -0.25) is 14.2 Å². The molecule has 1 N–H and O–H groups in total. The van der Waals surface area contributed by atoms with Crippen LogP contribution < -0.4 is 10.9 Å². The minimum absolute atomic E-state index is 0.227. The summed E-state index contributed by atoms with van der Waals surface area (Å²) in [6.45, 7) is 2.26. The van der Waals surface area contributed by atoms with Crippen molar-refractivity contribution in [1.29, 1.82) is 0 Å². The minimum atomic E-state index is -4.68. The van der Waals surface area contributed by atoms with Crippen LogP contribution in [0.2, 0.25) is 10.0 Å². The SMILES string of the molecule is CCCn1c(SCC(=O)Nc2c(Cl)cccc2C(F)(F)F)nc2cc(Cl)ccc2c1=O. The molecule has 5 nitrogen and oxygen atoms in total. The summed E-state index contributed by atoms with van der Waals surface area (Å²) >= 11 is 12.8. The van der Waals surface area contributed by atoms with E-state index in [1.165, 1.54) is 16.7 Å². The van der Waals surface area contributed by atoms with Crippen molar-refractivity contribution in [3.63, 3.8) is 0 Å². The monoisotopic (exact) mass is 489 g/mol. The Balaban J connectivity index is 1.87. The van der Waals surface area contributed by atoms with E-state index in [2.05, 4.69) is 10.3 Å². The van der Waals surface area contributed by atoms with Gasteiger partial charge in [0, 0.05) is 11.6 Å². The zero-order valence-corrected chi connectivity index (χ0v) is 18.4. The summed E-state index contributed by atoms with van der Waals surface area (Å²) in [5, 5.41) is 3.05. The van der Waals surface area contributed by atoms with Crippen molar-refractivity contribution in [2.24, 2.45) is 0 Å². The summed E-state index contributed by atoms with van der Waals surface area (Å²) in [4.78, 5) is 29.6. The van der Waals surface area contributed by atoms with E-state index in [4.69, 9.17) is 23.2 Å². The fourth-order valence-electron chi connectivity index (χ4n) is 2.90. The number of thioether (sulfide) groups is 1. The van der Waals surface area contributed by atoms with Crippen LogP contribution in [-0.2, 0) is 17.5 Å². The number of hydrogen-bond acceptors (Lipinski definition) is 4. The van der Waals surface area contributed by atoms with Crippen molar-refractivity contribution in [3.8, 4) is 0 Å². The van der Waals surface area contributed by atoms with E-state index in [1.807, 2.05) is 6.92 Å². The van der Waals surface area contributed by atoms with Gasteiger partial charge in [0.2, 0.25) is 5.91 Å². The first kappa shape index (κ1) is 23.4. The van der Waals surface area contributed by atoms with Gasteiger partial charge in [-0.05, 0) is 36.8 Å². The van der Waals surface area contributed by atoms with Gasteiger partial charge in [0.1, 0.15) is 0 Å². The number of amides is 1. The zero-order valence-electron chi connectivity index (χ0n) is 16.1. The van der Waals surface area contributed by atoms with Crippen LogP contribution in [-0.4, -0.2) is 21.2 Å². The lowest BCUT2D eigenvalue weighted by Gasteiger charge is -2.15. The molecule has 0 saturated carbocycles. The number of benzene rings is 2. The second-order valence-corrected chi connectivity index (χ2v) is 8.30. The van der Waals surface area contributed by atoms with Gasteiger partial charge in [0.05, 0.1) is 32.9 Å². The molecule has 0 radical (unpaired) electrons. The molecule has 1 aromatic heterocycles. The maximum atomic E-state index is 13.2. The molecule has 0 atom stereocenters. The van der Waals surface area contributed by atoms with Gasteiger partial charge < -0.3 is 5.32 Å². The van der Waals surface area contributed by atoms with Crippen molar-refractivity contribution in [1.82, 2.24) is 9.55 Å². The topological polar surface area (TPSA) is 64.0 Å². The van der Waals surface area contributed by atoms with Gasteiger partial charge in [-0.2, -0.15) is 13.2 Å². The Morgan fingerprint density at radius 3 is 2.65 bits per heavy atom. The standard InChI is InChI=1S/C20H16Cl2F3N3O2S/c1-2-8-28-18(30)12-7-6-11(21)9-15(12)26-19(28)31-10-16(29)27-17-13(20(23,24)25)4-3-5-14(17)22/h3-7,9H,2,8,10H2,1H3,(H,27,29). The average Bonchev–Trinajstić information content (AvgIpc) is 2.69. The highest BCUT2D eigenvalue weighted by molar-refractivity contribution is 7.99. The Kier molecular flexibility index (Phi) is 7.18. The molecule has 0 spiro atoms. The highest BCUT2D eigenvalue weighted by Gasteiger charge is 2.34. The molecular formula is C20H16Cl2F3N3O2S. The number of nitrogens with one attached hydrogen (secondary N) is 1. The molecular weight excluding hydrogens is 474 g/mol. The maximum absolute atomic E-state index is 13.2. The molecule has 0 aliphatic carbocycles. The lowest BCUT2D eigenvalue weighted by Crippen LogP contribution is -2.24. The van der Waals surface area contributed by atoms with Crippen LogP contribution in [0.5, 0.6) is 0 Å². The van der Waals surface area contributed by atoms with Crippen LogP contribution in [0.1, 0.15) is 18.9 Å². The summed E-state index contributed by atoms with van der Waals surface area (Å²) in [6, 6.07) is 7.96. The quantitative estimate of drug-likeness (QED) is 0.347. The highest BCUT2D eigenvalue weighted by Crippen LogP contribution is 2.38. The van der Waals surface area contributed by atoms with Gasteiger partial charge in [-0.1, -0.05) is 48.0 Å². The Bertz CT molecular complexity index is 1200. The van der Waals surface area contributed by atoms with E-state index in [9.17, 15) is 22.8 Å². The molecule has 0 fully saturated rings. The molecule has 3 rings (SSSR count). The molecule has 1 heterocycles. The van der Waals surface area contributed by atoms with Crippen LogP contribution in [0, 0.1) is 0 Å². The number of fused-ring (bicyclic) bond motifs is 1. The summed E-state index contributed by atoms with van der Waals surface area (Å²) in [7, 11) is 0. The summed E-state index contributed by atoms with van der Waals surface area (Å²) < 4.78 is 41.1. The van der Waals surface area contributed by atoms with Crippen molar-refractivity contribution in [2.45, 2.75) is 31.2 Å². The maximum Gasteiger partial charge on any atom is 0.418 e. The third-order valence-electron chi connectivity index (χ3n) is 4.25. The fourth-order valence-corrected chi connectivity index (χ4v) is 4.11. The van der Waals surface area contributed by atoms with Crippen LogP contribution in [0.4, 0.5) is 18.9 Å². The number of nitrogens with zero attached hydrogens (tertiary/aromatic N) is 2. The minimum Gasteiger partial charge on any atom is -0.324 e. The normalized spacial score (nSPS) is 11.7. The molecule has 0 aliphatic heterocycles. The number of carbonyl (C=O) groups excluding carboxylic acids is 1. The van der Waals surface area contributed by atoms with Crippen LogP contribution in [0.25, 0.3) is 10.9 Å². The predicted octanol–water partition coefficient (Wildman–Crippen LogP) is 5.86. The molecule has 164 valence electrons. The highest BCUT2D eigenvalue weighted by atomic mass is 35.5. The Morgan fingerprint density at radius 2 is 1.97 bits per heavy atom. The molecule has 1 amide bonds. The number of carbonyl (C=O) groups is 1. The number of para-hydroxylation sites is 1. The molecule has 11 heteroatoms. The molecule has 3 aromatic rings. The van der Waals surface area contributed by atoms with E-state index in [-0.39, 0.29) is 21.5 Å². The molecule has 0 unspecified atom stereocenters. The van der Waals surface area contributed by atoms with Gasteiger partial charge in [-0.25, -0.2) is 4.98 Å². The van der Waals surface area contributed by atoms with Crippen molar-refractivity contribution >= 4 is 57.5 Å². The number of hydrogen-bond donors (Lipinski definition) is 1. The zero-order chi connectivity index (χ0) is 22.8. The molecule has 31 heavy (non-hydrogen) atoms. The first-order chi connectivity index (χ1) is 14.6. The van der Waals surface area contributed by atoms with E-state index in [1.54, 1.807) is 12.1 Å². The first-order valence-electron chi connectivity index (χ1n) is 9.10. The average molecular weight is 490 g/mol. The lowest BCUT2D eigenvalue weighted by molar-refractivity contribution is -0.137. The Labute approximate surface area is 189 Å². The third kappa shape index (κ3) is 5.34. The van der Waals surface area contributed by atoms with Gasteiger partial charge in [0.25, 0.3) is 5.56 Å². The van der Waals surface area contributed by atoms with Gasteiger partial charge >= 0.3 is 6.18 Å². The predicted molar refractivity (Wildman–Crippen MR) is 117 cm³/mol. The van der Waals surface area contributed by atoms with E-state index < -0.39 is 23.3 Å². The van der Waals surface area contributed by atoms with Crippen LogP contribution in [0.15, 0.2) is 46.3 Å². The molecule has 2 aromatic carbocycles. The second kappa shape index (κ2) is 9.50. The number of halogens is 5. The summed E-state index contributed by atoms with van der Waals surface area (Å²) in [6.07, 6.45) is -4.03. The van der Waals surface area contributed by atoms with Crippen LogP contribution >= 0.6 is 35.0 Å². The van der Waals surface area contributed by atoms with Crippen molar-refractivity contribution in [3.05, 3.63) is 62.4 Å². The smallest absolute Gasteiger partial charge is 0.324 e. The number of aromatic nitrogens is 2. The summed E-state index contributed by atoms with van der Waals surface area (Å²) in [5.74, 6) is -0.989. The number of anilines is 1. The van der Waals surface area contributed by atoms with Crippen LogP contribution in [0.3, 0.4) is 0 Å². The van der Waals surface area contributed by atoms with E-state index in [0.29, 0.717) is 28.9 Å². The van der Waals surface area contributed by atoms with E-state index >= 15 is 0 Å². The molecule has 0 bridgehead atoms. The first-order valence-corrected chi connectivity index (χ1v) is 10.8. The second-order valence-electron chi connectivity index (χ2n) is 6.51. The fraction of sp³-hybridized carbons (Fsp3) is 0.250. The molecule has 0 aliphatic rings.